The summed E-state index contributed by atoms with van der Waals surface area (Å²) in [6, 6.07) is 4.59. The first kappa shape index (κ1) is 13.2. The summed E-state index contributed by atoms with van der Waals surface area (Å²) in [6.07, 6.45) is 0. The van der Waals surface area contributed by atoms with Crippen LogP contribution in [0.5, 0.6) is 0 Å². The highest BCUT2D eigenvalue weighted by Gasteiger charge is 2.16. The highest BCUT2D eigenvalue weighted by atomic mass is 79.9. The van der Waals surface area contributed by atoms with Crippen LogP contribution in [0.1, 0.15) is 23.0 Å². The fourth-order valence-corrected chi connectivity index (χ4v) is 2.80. The van der Waals surface area contributed by atoms with E-state index in [4.69, 9.17) is 0 Å². The fraction of sp³-hybridized carbons (Fsp3) is 0.167. The van der Waals surface area contributed by atoms with Crippen LogP contribution in [0.2, 0.25) is 0 Å². The van der Waals surface area contributed by atoms with Gasteiger partial charge in [0.25, 0.3) is 0 Å². The predicted octanol–water partition coefficient (Wildman–Crippen LogP) is 4.30. The van der Waals surface area contributed by atoms with Gasteiger partial charge in [-0.3, -0.25) is 4.79 Å². The molecular formula is C12H10BrFN2OS. The molecule has 94 valence electrons. The number of carbonyl (C=O) groups excluding carboxylic acids is 1. The van der Waals surface area contributed by atoms with Crippen LogP contribution in [0, 0.1) is 12.7 Å². The first-order valence-electron chi connectivity index (χ1n) is 5.18. The third-order valence-corrected chi connectivity index (χ3v) is 3.74. The van der Waals surface area contributed by atoms with E-state index in [0.29, 0.717) is 21.9 Å². The maximum absolute atomic E-state index is 13.6. The highest BCUT2D eigenvalue weighted by Crippen LogP contribution is 2.30. The molecule has 3 nitrogen and oxygen atoms in total. The van der Waals surface area contributed by atoms with Gasteiger partial charge >= 0.3 is 0 Å². The summed E-state index contributed by atoms with van der Waals surface area (Å²) in [5, 5.41) is 3.48. The molecule has 0 saturated carbocycles. The van der Waals surface area contributed by atoms with Crippen LogP contribution in [-0.2, 0) is 0 Å². The summed E-state index contributed by atoms with van der Waals surface area (Å²) in [7, 11) is 0. The van der Waals surface area contributed by atoms with Gasteiger partial charge in [-0.15, -0.1) is 0 Å². The smallest absolute Gasteiger partial charge is 0.164 e. The van der Waals surface area contributed by atoms with Crippen molar-refractivity contribution >= 4 is 43.9 Å². The lowest BCUT2D eigenvalue weighted by molar-refractivity contribution is 0.101. The number of aryl methyl sites for hydroxylation is 1. The zero-order chi connectivity index (χ0) is 13.3. The van der Waals surface area contributed by atoms with E-state index in [1.807, 2.05) is 0 Å². The Morgan fingerprint density at radius 2 is 2.22 bits per heavy atom. The largest absolute Gasteiger partial charge is 0.343 e. The van der Waals surface area contributed by atoms with Gasteiger partial charge in [0, 0.05) is 4.47 Å². The predicted molar refractivity (Wildman–Crippen MR) is 74.2 cm³/mol. The second-order valence-electron chi connectivity index (χ2n) is 3.78. The normalized spacial score (nSPS) is 10.4. The van der Waals surface area contributed by atoms with E-state index in [-0.39, 0.29) is 11.6 Å². The van der Waals surface area contributed by atoms with Gasteiger partial charge in [-0.05, 0) is 43.6 Å². The van der Waals surface area contributed by atoms with Crippen molar-refractivity contribution in [2.45, 2.75) is 13.8 Å². The molecule has 18 heavy (non-hydrogen) atoms. The molecule has 1 aromatic heterocycles. The third-order valence-electron chi connectivity index (χ3n) is 2.39. The highest BCUT2D eigenvalue weighted by molar-refractivity contribution is 9.10. The van der Waals surface area contributed by atoms with Crippen LogP contribution in [0.25, 0.3) is 0 Å². The molecule has 0 fully saturated rings. The quantitative estimate of drug-likeness (QED) is 0.854. The molecular weight excluding hydrogens is 319 g/mol. The Kier molecular flexibility index (Phi) is 3.77. The van der Waals surface area contributed by atoms with Crippen molar-refractivity contribution in [3.8, 4) is 0 Å². The molecule has 6 heteroatoms. The summed E-state index contributed by atoms with van der Waals surface area (Å²) in [5.74, 6) is -0.460. The van der Waals surface area contributed by atoms with Gasteiger partial charge in [-0.1, -0.05) is 15.9 Å². The molecule has 0 atom stereocenters. The lowest BCUT2D eigenvalue weighted by atomic mass is 10.2. The number of ketones is 1. The molecule has 0 spiro atoms. The topological polar surface area (TPSA) is 42.0 Å². The van der Waals surface area contributed by atoms with Gasteiger partial charge < -0.3 is 5.32 Å². The van der Waals surface area contributed by atoms with E-state index in [1.165, 1.54) is 13.0 Å². The number of anilines is 2. The van der Waals surface area contributed by atoms with E-state index in [9.17, 15) is 9.18 Å². The number of Topliss-reactive ketones (excluding diaryl/α,β-unsaturated/α-hetero) is 1. The SMILES string of the molecule is CC(=O)c1c(C)nsc1Nc1cc(Br)ccc1F. The molecule has 2 aromatic rings. The summed E-state index contributed by atoms with van der Waals surface area (Å²) < 4.78 is 18.5. The van der Waals surface area contributed by atoms with E-state index in [2.05, 4.69) is 25.6 Å². The number of halogens is 2. The minimum atomic E-state index is -0.376. The number of benzene rings is 1. The molecule has 1 N–H and O–H groups in total. The zero-order valence-corrected chi connectivity index (χ0v) is 12.2. The zero-order valence-electron chi connectivity index (χ0n) is 9.75. The molecule has 0 saturated heterocycles. The number of hydrogen-bond donors (Lipinski definition) is 1. The minimum Gasteiger partial charge on any atom is -0.343 e. The maximum Gasteiger partial charge on any atom is 0.164 e. The van der Waals surface area contributed by atoms with Crippen LogP contribution >= 0.6 is 27.5 Å². The van der Waals surface area contributed by atoms with Crippen LogP contribution in [0.4, 0.5) is 15.1 Å². The Labute approximate surface area is 116 Å². The van der Waals surface area contributed by atoms with Crippen LogP contribution in [0.15, 0.2) is 22.7 Å². The average Bonchev–Trinajstić information content (AvgIpc) is 2.65. The maximum atomic E-state index is 13.6. The monoisotopic (exact) mass is 328 g/mol. The number of carbonyl (C=O) groups is 1. The van der Waals surface area contributed by atoms with Gasteiger partial charge in [0.05, 0.1) is 16.9 Å². The van der Waals surface area contributed by atoms with E-state index < -0.39 is 0 Å². The first-order valence-corrected chi connectivity index (χ1v) is 6.75. The van der Waals surface area contributed by atoms with Gasteiger partial charge in [-0.2, -0.15) is 4.37 Å². The second kappa shape index (κ2) is 5.16. The third kappa shape index (κ3) is 2.59. The van der Waals surface area contributed by atoms with Crippen molar-refractivity contribution in [2.75, 3.05) is 5.32 Å². The molecule has 0 amide bonds. The van der Waals surface area contributed by atoms with Crippen molar-refractivity contribution in [1.29, 1.82) is 0 Å². The summed E-state index contributed by atoms with van der Waals surface area (Å²) in [6.45, 7) is 3.23. The molecule has 1 aromatic carbocycles. The van der Waals surface area contributed by atoms with Crippen molar-refractivity contribution < 1.29 is 9.18 Å². The molecule has 0 aliphatic carbocycles. The molecule has 2 rings (SSSR count). The Morgan fingerprint density at radius 3 is 2.89 bits per heavy atom. The van der Waals surface area contributed by atoms with E-state index in [1.54, 1.807) is 19.1 Å². The fourth-order valence-electron chi connectivity index (χ4n) is 1.59. The molecule has 0 aliphatic rings. The lowest BCUT2D eigenvalue weighted by Gasteiger charge is -2.07. The Hall–Kier alpha value is -1.27. The minimum absolute atomic E-state index is 0.0841. The average molecular weight is 329 g/mol. The van der Waals surface area contributed by atoms with Crippen LogP contribution in [-0.4, -0.2) is 10.2 Å². The van der Waals surface area contributed by atoms with Crippen molar-refractivity contribution in [3.63, 3.8) is 0 Å². The van der Waals surface area contributed by atoms with Gasteiger partial charge in [0.15, 0.2) is 5.78 Å². The number of hydrogen-bond acceptors (Lipinski definition) is 4. The van der Waals surface area contributed by atoms with Crippen LogP contribution < -0.4 is 5.32 Å². The van der Waals surface area contributed by atoms with Crippen LogP contribution in [0.3, 0.4) is 0 Å². The number of aromatic nitrogens is 1. The summed E-state index contributed by atoms with van der Waals surface area (Å²) in [5.41, 5.74) is 1.49. The molecule has 1 heterocycles. The van der Waals surface area contributed by atoms with Gasteiger partial charge in [-0.25, -0.2) is 4.39 Å². The van der Waals surface area contributed by atoms with Crippen molar-refractivity contribution in [1.82, 2.24) is 4.37 Å². The number of nitrogens with zero attached hydrogens (tertiary/aromatic N) is 1. The van der Waals surface area contributed by atoms with Crippen molar-refractivity contribution in [3.05, 3.63) is 39.7 Å². The van der Waals surface area contributed by atoms with Crippen molar-refractivity contribution in [2.24, 2.45) is 0 Å². The standard InChI is InChI=1S/C12H10BrFN2OS/c1-6-11(7(2)17)12(18-16-6)15-10-5-8(13)3-4-9(10)14/h3-5,15H,1-2H3. The van der Waals surface area contributed by atoms with E-state index in [0.717, 1.165) is 16.0 Å². The molecule has 0 unspecified atom stereocenters. The summed E-state index contributed by atoms with van der Waals surface area (Å²) >= 11 is 4.43. The number of nitrogens with one attached hydrogen (secondary N) is 1. The Balaban J connectivity index is 2.40. The molecule has 0 radical (unpaired) electrons. The van der Waals surface area contributed by atoms with E-state index >= 15 is 0 Å². The van der Waals surface area contributed by atoms with Gasteiger partial charge in [0.1, 0.15) is 10.8 Å². The Morgan fingerprint density at radius 1 is 1.50 bits per heavy atom. The number of rotatable bonds is 3. The molecule has 0 bridgehead atoms. The summed E-state index contributed by atoms with van der Waals surface area (Å²) in [4.78, 5) is 11.5. The van der Waals surface area contributed by atoms with Gasteiger partial charge in [0.2, 0.25) is 0 Å². The second-order valence-corrected chi connectivity index (χ2v) is 5.47. The Bertz CT molecular complexity index is 612. The first-order chi connectivity index (χ1) is 8.49. The molecule has 0 aliphatic heterocycles. The lowest BCUT2D eigenvalue weighted by Crippen LogP contribution is -1.99.